The van der Waals surface area contributed by atoms with E-state index < -0.39 is 0 Å². The van der Waals surface area contributed by atoms with Gasteiger partial charge >= 0.3 is 5.97 Å². The van der Waals surface area contributed by atoms with Crippen molar-refractivity contribution in [1.29, 1.82) is 0 Å². The van der Waals surface area contributed by atoms with Gasteiger partial charge in [0.15, 0.2) is 0 Å². The summed E-state index contributed by atoms with van der Waals surface area (Å²) in [6, 6.07) is 1.94. The lowest BCUT2D eigenvalue weighted by atomic mass is 10.4. The lowest BCUT2D eigenvalue weighted by molar-refractivity contribution is -0.137. The van der Waals surface area contributed by atoms with Crippen molar-refractivity contribution in [2.75, 3.05) is 6.61 Å². The van der Waals surface area contributed by atoms with Crippen LogP contribution in [0.25, 0.3) is 6.08 Å². The van der Waals surface area contributed by atoms with Crippen molar-refractivity contribution in [3.8, 4) is 0 Å². The van der Waals surface area contributed by atoms with E-state index in [1.807, 2.05) is 11.4 Å². The number of rotatable bonds is 3. The molecular formula is C9H9BrO2S. The fourth-order valence-corrected chi connectivity index (χ4v) is 2.09. The van der Waals surface area contributed by atoms with Crippen LogP contribution in [0.3, 0.4) is 0 Å². The number of ether oxygens (including phenoxy) is 1. The number of carbonyl (C=O) groups is 1. The molecule has 0 saturated heterocycles. The fraction of sp³-hybridized carbons (Fsp3) is 0.222. The SMILES string of the molecule is CCOC(=O)C=Cc1cc(Br)cs1. The van der Waals surface area contributed by atoms with Gasteiger partial charge in [0, 0.05) is 20.8 Å². The van der Waals surface area contributed by atoms with Crippen LogP contribution in [0, 0.1) is 0 Å². The Labute approximate surface area is 89.3 Å². The lowest BCUT2D eigenvalue weighted by Gasteiger charge is -1.93. The zero-order valence-corrected chi connectivity index (χ0v) is 9.52. The van der Waals surface area contributed by atoms with Crippen LogP contribution in [-0.4, -0.2) is 12.6 Å². The second kappa shape index (κ2) is 5.19. The molecule has 0 saturated carbocycles. The van der Waals surface area contributed by atoms with Gasteiger partial charge in [-0.05, 0) is 35.0 Å². The van der Waals surface area contributed by atoms with Gasteiger partial charge in [-0.2, -0.15) is 0 Å². The van der Waals surface area contributed by atoms with E-state index in [1.54, 1.807) is 24.3 Å². The molecule has 0 fully saturated rings. The zero-order valence-electron chi connectivity index (χ0n) is 7.12. The summed E-state index contributed by atoms with van der Waals surface area (Å²) in [5.41, 5.74) is 0. The Bertz CT molecular complexity index is 317. The van der Waals surface area contributed by atoms with Gasteiger partial charge < -0.3 is 4.74 Å². The van der Waals surface area contributed by atoms with E-state index in [9.17, 15) is 4.79 Å². The molecular weight excluding hydrogens is 252 g/mol. The maximum atomic E-state index is 10.9. The first-order valence-corrected chi connectivity index (χ1v) is 5.48. The number of halogens is 1. The number of thiophene rings is 1. The average Bonchev–Trinajstić information content (AvgIpc) is 2.49. The highest BCUT2D eigenvalue weighted by molar-refractivity contribution is 9.10. The Morgan fingerprint density at radius 1 is 1.77 bits per heavy atom. The maximum Gasteiger partial charge on any atom is 0.330 e. The second-order valence-electron chi connectivity index (χ2n) is 2.25. The molecule has 0 aliphatic carbocycles. The average molecular weight is 261 g/mol. The van der Waals surface area contributed by atoms with E-state index in [1.165, 1.54) is 6.08 Å². The number of carbonyl (C=O) groups excluding carboxylic acids is 1. The van der Waals surface area contributed by atoms with Gasteiger partial charge in [-0.25, -0.2) is 4.79 Å². The van der Waals surface area contributed by atoms with Crippen LogP contribution in [0.4, 0.5) is 0 Å². The van der Waals surface area contributed by atoms with E-state index >= 15 is 0 Å². The minimum Gasteiger partial charge on any atom is -0.463 e. The molecule has 0 unspecified atom stereocenters. The second-order valence-corrected chi connectivity index (χ2v) is 4.11. The number of hydrogen-bond acceptors (Lipinski definition) is 3. The predicted octanol–water partition coefficient (Wildman–Crippen LogP) is 3.09. The smallest absolute Gasteiger partial charge is 0.330 e. The molecule has 0 radical (unpaired) electrons. The molecule has 4 heteroatoms. The van der Waals surface area contributed by atoms with Crippen LogP contribution in [0.15, 0.2) is 22.0 Å². The summed E-state index contributed by atoms with van der Waals surface area (Å²) in [7, 11) is 0. The lowest BCUT2D eigenvalue weighted by Crippen LogP contribution is -1.98. The van der Waals surface area contributed by atoms with Gasteiger partial charge in [0.1, 0.15) is 0 Å². The van der Waals surface area contributed by atoms with E-state index in [4.69, 9.17) is 4.74 Å². The predicted molar refractivity (Wildman–Crippen MR) is 57.7 cm³/mol. The van der Waals surface area contributed by atoms with Gasteiger partial charge in [-0.15, -0.1) is 11.3 Å². The normalized spacial score (nSPS) is 10.6. The van der Waals surface area contributed by atoms with Crippen molar-refractivity contribution in [3.05, 3.63) is 26.9 Å². The Morgan fingerprint density at radius 2 is 2.54 bits per heavy atom. The third kappa shape index (κ3) is 3.74. The molecule has 1 aromatic rings. The standard InChI is InChI=1S/C9H9BrO2S/c1-2-12-9(11)4-3-8-5-7(10)6-13-8/h3-6H,2H2,1H3. The molecule has 0 N–H and O–H groups in total. The van der Waals surface area contributed by atoms with Crippen LogP contribution in [0.5, 0.6) is 0 Å². The van der Waals surface area contributed by atoms with Gasteiger partial charge in [0.05, 0.1) is 6.61 Å². The summed E-state index contributed by atoms with van der Waals surface area (Å²) in [6.45, 7) is 2.20. The summed E-state index contributed by atoms with van der Waals surface area (Å²) in [5, 5.41) is 1.96. The van der Waals surface area contributed by atoms with E-state index in [0.29, 0.717) is 6.61 Å². The minimum atomic E-state index is -0.299. The summed E-state index contributed by atoms with van der Waals surface area (Å²) in [4.78, 5) is 11.9. The maximum absolute atomic E-state index is 10.9. The first-order valence-electron chi connectivity index (χ1n) is 3.81. The van der Waals surface area contributed by atoms with Crippen LogP contribution < -0.4 is 0 Å². The highest BCUT2D eigenvalue weighted by atomic mass is 79.9. The molecule has 1 heterocycles. The Morgan fingerprint density at radius 3 is 3.08 bits per heavy atom. The molecule has 0 aromatic carbocycles. The minimum absolute atomic E-state index is 0.299. The van der Waals surface area contributed by atoms with Crippen molar-refractivity contribution < 1.29 is 9.53 Å². The fourth-order valence-electron chi connectivity index (χ4n) is 0.756. The van der Waals surface area contributed by atoms with Crippen LogP contribution in [-0.2, 0) is 9.53 Å². The molecule has 0 atom stereocenters. The third-order valence-corrected chi connectivity index (χ3v) is 2.92. The van der Waals surface area contributed by atoms with Crippen molar-refractivity contribution in [2.24, 2.45) is 0 Å². The Hall–Kier alpha value is -0.610. The van der Waals surface area contributed by atoms with Crippen molar-refractivity contribution in [1.82, 2.24) is 0 Å². The summed E-state index contributed by atoms with van der Waals surface area (Å²) in [5.74, 6) is -0.299. The van der Waals surface area contributed by atoms with E-state index in [-0.39, 0.29) is 5.97 Å². The molecule has 13 heavy (non-hydrogen) atoms. The van der Waals surface area contributed by atoms with Gasteiger partial charge in [0.2, 0.25) is 0 Å². The largest absolute Gasteiger partial charge is 0.463 e. The van der Waals surface area contributed by atoms with Crippen molar-refractivity contribution in [2.45, 2.75) is 6.92 Å². The Balaban J connectivity index is 2.53. The molecule has 70 valence electrons. The molecule has 0 bridgehead atoms. The van der Waals surface area contributed by atoms with Crippen LogP contribution >= 0.6 is 27.3 Å². The highest BCUT2D eigenvalue weighted by Crippen LogP contribution is 2.20. The molecule has 0 aliphatic heterocycles. The van der Waals surface area contributed by atoms with Crippen molar-refractivity contribution >= 4 is 39.3 Å². The summed E-state index contributed by atoms with van der Waals surface area (Å²) < 4.78 is 5.77. The molecule has 0 aliphatic rings. The van der Waals surface area contributed by atoms with Crippen molar-refractivity contribution in [3.63, 3.8) is 0 Å². The molecule has 2 nitrogen and oxygen atoms in total. The number of hydrogen-bond donors (Lipinski definition) is 0. The molecule has 0 spiro atoms. The molecule has 1 aromatic heterocycles. The Kier molecular flexibility index (Phi) is 4.18. The third-order valence-electron chi connectivity index (χ3n) is 1.26. The summed E-state index contributed by atoms with van der Waals surface area (Å²) >= 11 is 4.90. The van der Waals surface area contributed by atoms with E-state index in [0.717, 1.165) is 9.35 Å². The topological polar surface area (TPSA) is 26.3 Å². The summed E-state index contributed by atoms with van der Waals surface area (Å²) in [6.07, 6.45) is 3.18. The van der Waals surface area contributed by atoms with Crippen LogP contribution in [0.1, 0.15) is 11.8 Å². The van der Waals surface area contributed by atoms with E-state index in [2.05, 4.69) is 15.9 Å². The highest BCUT2D eigenvalue weighted by Gasteiger charge is 1.95. The molecule has 1 rings (SSSR count). The number of esters is 1. The molecule has 0 amide bonds. The zero-order chi connectivity index (χ0) is 9.68. The van der Waals surface area contributed by atoms with Gasteiger partial charge in [-0.3, -0.25) is 0 Å². The monoisotopic (exact) mass is 260 g/mol. The van der Waals surface area contributed by atoms with Gasteiger partial charge in [-0.1, -0.05) is 0 Å². The van der Waals surface area contributed by atoms with Crippen LogP contribution in [0.2, 0.25) is 0 Å². The first kappa shape index (κ1) is 10.5. The quantitative estimate of drug-likeness (QED) is 0.617. The van der Waals surface area contributed by atoms with Gasteiger partial charge in [0.25, 0.3) is 0 Å². The first-order chi connectivity index (χ1) is 6.22.